The van der Waals surface area contributed by atoms with Crippen molar-refractivity contribution >= 4 is 21.8 Å². The van der Waals surface area contributed by atoms with Crippen LogP contribution in [0.15, 0.2) is 22.7 Å². The van der Waals surface area contributed by atoms with Gasteiger partial charge in [-0.15, -0.1) is 0 Å². The molecule has 0 N–H and O–H groups in total. The van der Waals surface area contributed by atoms with E-state index in [1.54, 1.807) is 0 Å². The Kier molecular flexibility index (Phi) is 5.37. The average Bonchev–Trinajstić information content (AvgIpc) is 2.34. The molecule has 0 unspecified atom stereocenters. The van der Waals surface area contributed by atoms with Gasteiger partial charge in [0.2, 0.25) is 0 Å². The molecule has 0 saturated heterocycles. The van der Waals surface area contributed by atoms with Gasteiger partial charge in [0.15, 0.2) is 0 Å². The van der Waals surface area contributed by atoms with E-state index in [-0.39, 0.29) is 23.2 Å². The van der Waals surface area contributed by atoms with E-state index >= 15 is 0 Å². The summed E-state index contributed by atoms with van der Waals surface area (Å²) in [7, 11) is 2.89. The summed E-state index contributed by atoms with van der Waals surface area (Å²) >= 11 is 2.97. The van der Waals surface area contributed by atoms with Crippen molar-refractivity contribution in [3.8, 4) is 0 Å². The van der Waals surface area contributed by atoms with Crippen molar-refractivity contribution in [2.45, 2.75) is 6.18 Å². The molecule has 0 spiro atoms. The second-order valence-electron chi connectivity index (χ2n) is 3.91. The van der Waals surface area contributed by atoms with Crippen molar-refractivity contribution in [3.05, 3.63) is 33.8 Å². The third-order valence-electron chi connectivity index (χ3n) is 2.49. The van der Waals surface area contributed by atoms with Gasteiger partial charge in [0.1, 0.15) is 0 Å². The first-order chi connectivity index (χ1) is 8.77. The highest BCUT2D eigenvalue weighted by molar-refractivity contribution is 9.10. The second-order valence-corrected chi connectivity index (χ2v) is 4.82. The first-order valence-electron chi connectivity index (χ1n) is 5.38. The van der Waals surface area contributed by atoms with Crippen LogP contribution < -0.4 is 0 Å². The van der Waals surface area contributed by atoms with Gasteiger partial charge in [-0.25, -0.2) is 0 Å². The van der Waals surface area contributed by atoms with Gasteiger partial charge in [-0.05, 0) is 18.2 Å². The van der Waals surface area contributed by atoms with Crippen LogP contribution in [0.5, 0.6) is 0 Å². The van der Waals surface area contributed by atoms with Crippen LogP contribution in [0.25, 0.3) is 0 Å². The number of halogens is 4. The van der Waals surface area contributed by atoms with E-state index in [4.69, 9.17) is 4.74 Å². The fraction of sp³-hybridized carbons (Fsp3) is 0.417. The van der Waals surface area contributed by atoms with Crippen molar-refractivity contribution in [3.63, 3.8) is 0 Å². The van der Waals surface area contributed by atoms with E-state index in [0.717, 1.165) is 6.07 Å². The second kappa shape index (κ2) is 6.38. The third-order valence-corrected chi connectivity index (χ3v) is 2.99. The molecule has 0 radical (unpaired) electrons. The maximum atomic E-state index is 12.9. The molecule has 3 nitrogen and oxygen atoms in total. The minimum absolute atomic E-state index is 0.225. The highest BCUT2D eigenvalue weighted by atomic mass is 79.9. The van der Waals surface area contributed by atoms with Crippen molar-refractivity contribution in [1.29, 1.82) is 0 Å². The Balaban J connectivity index is 3.09. The topological polar surface area (TPSA) is 29.5 Å². The Hall–Kier alpha value is -1.08. The number of likely N-dealkylation sites (N-methyl/N-ethyl adjacent to an activating group) is 1. The summed E-state index contributed by atoms with van der Waals surface area (Å²) in [6, 6.07) is 3.47. The molecule has 0 aliphatic rings. The SMILES string of the molecule is COCCN(C)C(=O)c1ccc(Br)cc1C(F)(F)F. The van der Waals surface area contributed by atoms with Gasteiger partial charge in [0, 0.05) is 25.2 Å². The quantitative estimate of drug-likeness (QED) is 0.843. The van der Waals surface area contributed by atoms with Gasteiger partial charge < -0.3 is 9.64 Å². The molecule has 0 atom stereocenters. The molecule has 1 amide bonds. The number of rotatable bonds is 4. The normalized spacial score (nSPS) is 11.5. The molecule has 0 aliphatic carbocycles. The first kappa shape index (κ1) is 16.0. The standard InChI is InChI=1S/C12H13BrF3NO2/c1-17(5-6-19-2)11(18)9-4-3-8(13)7-10(9)12(14,15)16/h3-4,7H,5-6H2,1-2H3. The lowest BCUT2D eigenvalue weighted by Crippen LogP contribution is -2.31. The number of alkyl halides is 3. The molecule has 0 saturated carbocycles. The predicted molar refractivity (Wildman–Crippen MR) is 68.0 cm³/mol. The molecule has 1 aromatic rings. The Morgan fingerprint density at radius 1 is 1.42 bits per heavy atom. The Morgan fingerprint density at radius 3 is 2.58 bits per heavy atom. The predicted octanol–water partition coefficient (Wildman–Crippen LogP) is 3.19. The molecule has 0 fully saturated rings. The lowest BCUT2D eigenvalue weighted by molar-refractivity contribution is -0.138. The number of hydrogen-bond donors (Lipinski definition) is 0. The van der Waals surface area contributed by atoms with Gasteiger partial charge in [0.25, 0.3) is 5.91 Å². The first-order valence-corrected chi connectivity index (χ1v) is 6.18. The number of nitrogens with zero attached hydrogens (tertiary/aromatic N) is 1. The maximum absolute atomic E-state index is 12.9. The minimum Gasteiger partial charge on any atom is -0.383 e. The molecule has 0 bridgehead atoms. The Morgan fingerprint density at radius 2 is 2.05 bits per heavy atom. The molecule has 1 aromatic carbocycles. The number of carbonyl (C=O) groups excluding carboxylic acids is 1. The van der Waals surface area contributed by atoms with E-state index in [2.05, 4.69) is 15.9 Å². The average molecular weight is 340 g/mol. The van der Waals surface area contributed by atoms with E-state index < -0.39 is 17.6 Å². The van der Waals surface area contributed by atoms with Gasteiger partial charge >= 0.3 is 6.18 Å². The number of ether oxygens (including phenoxy) is 1. The van der Waals surface area contributed by atoms with E-state index in [1.165, 1.54) is 31.2 Å². The molecule has 7 heteroatoms. The van der Waals surface area contributed by atoms with Crippen molar-refractivity contribution in [2.24, 2.45) is 0 Å². The van der Waals surface area contributed by atoms with E-state index in [9.17, 15) is 18.0 Å². The van der Waals surface area contributed by atoms with Crippen LogP contribution in [0.1, 0.15) is 15.9 Å². The molecule has 0 aromatic heterocycles. The summed E-state index contributed by atoms with van der Waals surface area (Å²) in [6.45, 7) is 0.489. The van der Waals surface area contributed by atoms with Crippen molar-refractivity contribution in [2.75, 3.05) is 27.3 Å². The zero-order chi connectivity index (χ0) is 14.6. The van der Waals surface area contributed by atoms with Gasteiger partial charge in [0.05, 0.1) is 17.7 Å². The van der Waals surface area contributed by atoms with Gasteiger partial charge in [-0.2, -0.15) is 13.2 Å². The molecule has 19 heavy (non-hydrogen) atoms. The van der Waals surface area contributed by atoms with Crippen LogP contribution in [0.3, 0.4) is 0 Å². The van der Waals surface area contributed by atoms with Crippen molar-refractivity contribution < 1.29 is 22.7 Å². The van der Waals surface area contributed by atoms with Crippen LogP contribution in [0.4, 0.5) is 13.2 Å². The lowest BCUT2D eigenvalue weighted by Gasteiger charge is -2.19. The van der Waals surface area contributed by atoms with Crippen LogP contribution in [-0.2, 0) is 10.9 Å². The molecule has 0 heterocycles. The summed E-state index contributed by atoms with van der Waals surface area (Å²) in [5.41, 5.74) is -1.31. The maximum Gasteiger partial charge on any atom is 0.417 e. The smallest absolute Gasteiger partial charge is 0.383 e. The van der Waals surface area contributed by atoms with Crippen LogP contribution in [-0.4, -0.2) is 38.1 Å². The largest absolute Gasteiger partial charge is 0.417 e. The molecular formula is C12H13BrF3NO2. The van der Waals surface area contributed by atoms with Crippen LogP contribution >= 0.6 is 15.9 Å². The van der Waals surface area contributed by atoms with Crippen LogP contribution in [0.2, 0.25) is 0 Å². The molecule has 1 rings (SSSR count). The number of benzene rings is 1. The minimum atomic E-state index is -4.57. The highest BCUT2D eigenvalue weighted by Crippen LogP contribution is 2.34. The summed E-state index contributed by atoms with van der Waals surface area (Å²) < 4.78 is 43.7. The zero-order valence-electron chi connectivity index (χ0n) is 10.4. The van der Waals surface area contributed by atoms with Crippen LogP contribution in [0, 0.1) is 0 Å². The van der Waals surface area contributed by atoms with Gasteiger partial charge in [-0.1, -0.05) is 15.9 Å². The number of amides is 1. The lowest BCUT2D eigenvalue weighted by atomic mass is 10.1. The fourth-order valence-corrected chi connectivity index (χ4v) is 1.83. The number of hydrogen-bond acceptors (Lipinski definition) is 2. The van der Waals surface area contributed by atoms with E-state index in [0.29, 0.717) is 0 Å². The Labute approximate surface area is 117 Å². The highest BCUT2D eigenvalue weighted by Gasteiger charge is 2.36. The number of carbonyl (C=O) groups is 1. The number of methoxy groups -OCH3 is 1. The summed E-state index contributed by atoms with van der Waals surface area (Å²) in [5.74, 6) is -0.683. The summed E-state index contributed by atoms with van der Waals surface area (Å²) in [4.78, 5) is 13.2. The van der Waals surface area contributed by atoms with Gasteiger partial charge in [-0.3, -0.25) is 4.79 Å². The van der Waals surface area contributed by atoms with Crippen molar-refractivity contribution in [1.82, 2.24) is 4.90 Å². The molecule has 106 valence electrons. The summed E-state index contributed by atoms with van der Waals surface area (Å²) in [6.07, 6.45) is -4.57. The monoisotopic (exact) mass is 339 g/mol. The zero-order valence-corrected chi connectivity index (χ0v) is 12.0. The summed E-state index contributed by atoms with van der Waals surface area (Å²) in [5, 5.41) is 0. The fourth-order valence-electron chi connectivity index (χ4n) is 1.47. The molecule has 0 aliphatic heterocycles. The van der Waals surface area contributed by atoms with E-state index in [1.807, 2.05) is 0 Å². The molecular weight excluding hydrogens is 327 g/mol. The Bertz CT molecular complexity index is 463. The third kappa shape index (κ3) is 4.21.